The van der Waals surface area contributed by atoms with Crippen molar-refractivity contribution in [3.05, 3.63) is 42.5 Å². The Morgan fingerprint density at radius 1 is 1.21 bits per heavy atom. The Balaban J connectivity index is 1.53. The second-order valence-electron chi connectivity index (χ2n) is 7.83. The number of carbonyl (C=O) groups is 2. The van der Waals surface area contributed by atoms with Gasteiger partial charge in [0.25, 0.3) is 0 Å². The molecule has 1 saturated heterocycles. The van der Waals surface area contributed by atoms with E-state index < -0.39 is 18.2 Å². The number of carbonyl (C=O) groups excluding carboxylic acids is 2. The maximum absolute atomic E-state index is 12.9. The van der Waals surface area contributed by atoms with E-state index >= 15 is 0 Å². The lowest BCUT2D eigenvalue weighted by Crippen LogP contribution is -2.43. The quantitative estimate of drug-likeness (QED) is 0.701. The van der Waals surface area contributed by atoms with Crippen LogP contribution in [0.1, 0.15) is 20.3 Å². The average molecular weight is 396 g/mol. The highest BCUT2D eigenvalue weighted by atomic mass is 16.6. The van der Waals surface area contributed by atoms with Gasteiger partial charge in [0, 0.05) is 22.9 Å². The first kappa shape index (κ1) is 19.3. The van der Waals surface area contributed by atoms with Crippen LogP contribution in [0.3, 0.4) is 0 Å². The number of para-hydroxylation sites is 1. The zero-order valence-electron chi connectivity index (χ0n) is 16.4. The fourth-order valence-corrected chi connectivity index (χ4v) is 3.61. The minimum absolute atomic E-state index is 0.0837. The molecule has 2 atom stereocenters. The third-order valence-corrected chi connectivity index (χ3v) is 5.00. The molecule has 7 nitrogen and oxygen atoms in total. The summed E-state index contributed by atoms with van der Waals surface area (Å²) in [6.07, 6.45) is -1.15. The molecule has 29 heavy (non-hydrogen) atoms. The summed E-state index contributed by atoms with van der Waals surface area (Å²) in [6, 6.07) is 12.3. The molecule has 1 aromatic heterocycles. The number of aliphatic hydroxyl groups is 1. The highest BCUT2D eigenvalue weighted by Gasteiger charge is 2.40. The molecule has 0 unspecified atom stereocenters. The van der Waals surface area contributed by atoms with E-state index in [2.05, 4.69) is 5.32 Å². The highest BCUT2D eigenvalue weighted by molar-refractivity contribution is 6.07. The molecule has 0 saturated carbocycles. The van der Waals surface area contributed by atoms with E-state index in [9.17, 15) is 14.7 Å². The van der Waals surface area contributed by atoms with Crippen LogP contribution in [0, 0.1) is 5.92 Å². The normalized spacial score (nSPS) is 19.2. The fourth-order valence-electron chi connectivity index (χ4n) is 3.61. The second kappa shape index (κ2) is 7.75. The van der Waals surface area contributed by atoms with Gasteiger partial charge in [0.2, 0.25) is 5.91 Å². The molecular formula is C22H24N2O5. The van der Waals surface area contributed by atoms with Crippen LogP contribution in [-0.2, 0) is 9.53 Å². The zero-order valence-corrected chi connectivity index (χ0v) is 16.4. The van der Waals surface area contributed by atoms with Gasteiger partial charge in [-0.2, -0.15) is 0 Å². The SMILES string of the molecule is CC(C)COC(=O)N1C[C@@H](O)C[C@@H]1C(=O)Nc1ccc2oc3ccccc3c2c1. The monoisotopic (exact) mass is 396 g/mol. The summed E-state index contributed by atoms with van der Waals surface area (Å²) in [5, 5.41) is 14.7. The number of aliphatic hydroxyl groups excluding tert-OH is 1. The number of likely N-dealkylation sites (tertiary alicyclic amines) is 1. The van der Waals surface area contributed by atoms with Crippen LogP contribution in [0.5, 0.6) is 0 Å². The van der Waals surface area contributed by atoms with Crippen molar-refractivity contribution in [1.82, 2.24) is 4.90 Å². The summed E-state index contributed by atoms with van der Waals surface area (Å²) >= 11 is 0. The van der Waals surface area contributed by atoms with Gasteiger partial charge in [-0.1, -0.05) is 32.0 Å². The minimum Gasteiger partial charge on any atom is -0.456 e. The molecule has 1 aliphatic heterocycles. The number of hydrogen-bond donors (Lipinski definition) is 2. The third-order valence-electron chi connectivity index (χ3n) is 5.00. The van der Waals surface area contributed by atoms with Crippen molar-refractivity contribution in [1.29, 1.82) is 0 Å². The lowest BCUT2D eigenvalue weighted by molar-refractivity contribution is -0.120. The molecule has 2 N–H and O–H groups in total. The summed E-state index contributed by atoms with van der Waals surface area (Å²) in [7, 11) is 0. The molecule has 2 amide bonds. The Bertz CT molecular complexity index is 1060. The first-order chi connectivity index (χ1) is 13.9. The van der Waals surface area contributed by atoms with Gasteiger partial charge >= 0.3 is 6.09 Å². The fraction of sp³-hybridized carbons (Fsp3) is 0.364. The van der Waals surface area contributed by atoms with Crippen molar-refractivity contribution in [3.63, 3.8) is 0 Å². The van der Waals surface area contributed by atoms with Gasteiger partial charge in [-0.3, -0.25) is 9.69 Å². The predicted octanol–water partition coefficient (Wildman–Crippen LogP) is 3.75. The number of nitrogens with zero attached hydrogens (tertiary/aromatic N) is 1. The standard InChI is InChI=1S/C22H24N2O5/c1-13(2)12-28-22(27)24-11-15(25)10-18(24)21(26)23-14-7-8-20-17(9-14)16-5-3-4-6-19(16)29-20/h3-9,13,15,18,25H,10-12H2,1-2H3,(H,23,26)/t15-,18+/m0/s1. The van der Waals surface area contributed by atoms with Crippen LogP contribution >= 0.6 is 0 Å². The van der Waals surface area contributed by atoms with E-state index in [1.807, 2.05) is 50.2 Å². The number of furan rings is 1. The van der Waals surface area contributed by atoms with Crippen molar-refractivity contribution in [2.24, 2.45) is 5.92 Å². The number of hydrogen-bond acceptors (Lipinski definition) is 5. The number of β-amino-alcohol motifs (C(OH)–C–C–N with tert-alkyl or cyclic N) is 1. The Labute approximate surface area is 168 Å². The van der Waals surface area contributed by atoms with Gasteiger partial charge in [0.05, 0.1) is 19.3 Å². The highest BCUT2D eigenvalue weighted by Crippen LogP contribution is 2.31. The number of fused-ring (bicyclic) bond motifs is 3. The number of ether oxygens (including phenoxy) is 1. The largest absolute Gasteiger partial charge is 0.456 e. The Kier molecular flexibility index (Phi) is 5.15. The minimum atomic E-state index is -0.776. The summed E-state index contributed by atoms with van der Waals surface area (Å²) < 4.78 is 11.1. The third kappa shape index (κ3) is 3.91. The van der Waals surface area contributed by atoms with Crippen LogP contribution in [0.2, 0.25) is 0 Å². The number of nitrogens with one attached hydrogen (secondary N) is 1. The van der Waals surface area contributed by atoms with Crippen molar-refractivity contribution in [3.8, 4) is 0 Å². The van der Waals surface area contributed by atoms with Crippen molar-refractivity contribution in [2.45, 2.75) is 32.4 Å². The number of benzene rings is 2. The zero-order chi connectivity index (χ0) is 20.5. The summed E-state index contributed by atoms with van der Waals surface area (Å²) in [5.41, 5.74) is 2.12. The molecule has 7 heteroatoms. The number of anilines is 1. The van der Waals surface area contributed by atoms with E-state index in [0.717, 1.165) is 21.9 Å². The lowest BCUT2D eigenvalue weighted by Gasteiger charge is -2.23. The van der Waals surface area contributed by atoms with E-state index in [0.29, 0.717) is 5.69 Å². The van der Waals surface area contributed by atoms with Crippen molar-refractivity contribution < 1.29 is 23.8 Å². The first-order valence-corrected chi connectivity index (χ1v) is 9.76. The maximum atomic E-state index is 12.9. The van der Waals surface area contributed by atoms with Crippen LogP contribution in [0.15, 0.2) is 46.9 Å². The Morgan fingerprint density at radius 2 is 1.97 bits per heavy atom. The van der Waals surface area contributed by atoms with E-state index in [4.69, 9.17) is 9.15 Å². The molecule has 4 rings (SSSR count). The molecule has 3 aromatic rings. The molecule has 1 fully saturated rings. The van der Waals surface area contributed by atoms with Gasteiger partial charge in [-0.15, -0.1) is 0 Å². The lowest BCUT2D eigenvalue weighted by atomic mass is 10.1. The molecule has 0 spiro atoms. The van der Waals surface area contributed by atoms with Gasteiger partial charge in [0.15, 0.2) is 0 Å². The second-order valence-corrected chi connectivity index (χ2v) is 7.83. The molecule has 0 aliphatic carbocycles. The predicted molar refractivity (Wildman–Crippen MR) is 110 cm³/mol. The number of rotatable bonds is 4. The van der Waals surface area contributed by atoms with Crippen LogP contribution in [0.4, 0.5) is 10.5 Å². The van der Waals surface area contributed by atoms with Gasteiger partial charge < -0.3 is 19.6 Å². The Hall–Kier alpha value is -3.06. The Morgan fingerprint density at radius 3 is 2.76 bits per heavy atom. The smallest absolute Gasteiger partial charge is 0.410 e. The summed E-state index contributed by atoms with van der Waals surface area (Å²) in [5.74, 6) is -0.162. The molecule has 1 aliphatic rings. The molecular weight excluding hydrogens is 372 g/mol. The van der Waals surface area contributed by atoms with Crippen LogP contribution < -0.4 is 5.32 Å². The molecule has 152 valence electrons. The number of amides is 2. The van der Waals surface area contributed by atoms with Crippen LogP contribution in [0.25, 0.3) is 21.9 Å². The topological polar surface area (TPSA) is 92.0 Å². The molecule has 0 bridgehead atoms. The van der Waals surface area contributed by atoms with Gasteiger partial charge in [0.1, 0.15) is 17.2 Å². The van der Waals surface area contributed by atoms with Crippen molar-refractivity contribution >= 4 is 39.6 Å². The molecule has 2 aromatic carbocycles. The molecule has 2 heterocycles. The maximum Gasteiger partial charge on any atom is 0.410 e. The molecule has 0 radical (unpaired) electrons. The first-order valence-electron chi connectivity index (χ1n) is 9.76. The van der Waals surface area contributed by atoms with Crippen LogP contribution in [-0.4, -0.2) is 47.3 Å². The van der Waals surface area contributed by atoms with Gasteiger partial charge in [-0.05, 0) is 30.2 Å². The average Bonchev–Trinajstić information content (AvgIpc) is 3.26. The van der Waals surface area contributed by atoms with E-state index in [1.54, 1.807) is 6.07 Å². The van der Waals surface area contributed by atoms with Crippen molar-refractivity contribution in [2.75, 3.05) is 18.5 Å². The van der Waals surface area contributed by atoms with E-state index in [-0.39, 0.29) is 31.4 Å². The summed E-state index contributed by atoms with van der Waals surface area (Å²) in [4.78, 5) is 26.5. The van der Waals surface area contributed by atoms with E-state index in [1.165, 1.54) is 4.90 Å². The summed E-state index contributed by atoms with van der Waals surface area (Å²) in [6.45, 7) is 4.22. The van der Waals surface area contributed by atoms with Gasteiger partial charge in [-0.25, -0.2) is 4.79 Å².